The lowest BCUT2D eigenvalue weighted by molar-refractivity contribution is -0.114. The minimum absolute atomic E-state index is 0.106. The summed E-state index contributed by atoms with van der Waals surface area (Å²) in [4.78, 5) is 12.5. The van der Waals surface area contributed by atoms with Gasteiger partial charge in [-0.05, 0) is 36.2 Å². The molecule has 1 aromatic rings. The van der Waals surface area contributed by atoms with E-state index in [-0.39, 0.29) is 5.91 Å². The predicted molar refractivity (Wildman–Crippen MR) is 82.9 cm³/mol. The molecule has 108 valence electrons. The van der Waals surface area contributed by atoms with E-state index in [4.69, 9.17) is 0 Å². The van der Waals surface area contributed by atoms with Gasteiger partial charge in [0.2, 0.25) is 5.91 Å². The topological polar surface area (TPSA) is 52.9 Å². The van der Waals surface area contributed by atoms with Gasteiger partial charge in [-0.2, -0.15) is 5.26 Å². The van der Waals surface area contributed by atoms with Crippen molar-refractivity contribution in [2.45, 2.75) is 53.4 Å². The second kappa shape index (κ2) is 5.57. The molecule has 3 nitrogen and oxygen atoms in total. The van der Waals surface area contributed by atoms with Crippen molar-refractivity contribution in [3.63, 3.8) is 0 Å². The Morgan fingerprint density at radius 2 is 2.25 bits per heavy atom. The van der Waals surface area contributed by atoms with Crippen LogP contribution in [0.5, 0.6) is 0 Å². The molecule has 2 rings (SSSR count). The van der Waals surface area contributed by atoms with Crippen molar-refractivity contribution >= 4 is 22.2 Å². The zero-order valence-corrected chi connectivity index (χ0v) is 13.5. The molecule has 4 heteroatoms. The van der Waals surface area contributed by atoms with Crippen LogP contribution < -0.4 is 5.32 Å². The van der Waals surface area contributed by atoms with Crippen LogP contribution >= 0.6 is 11.3 Å². The van der Waals surface area contributed by atoms with Crippen LogP contribution in [0.25, 0.3) is 0 Å². The fraction of sp³-hybridized carbons (Fsp3) is 0.625. The van der Waals surface area contributed by atoms with Gasteiger partial charge in [0.15, 0.2) is 0 Å². The molecule has 0 spiro atoms. The molecule has 20 heavy (non-hydrogen) atoms. The number of nitrogens with one attached hydrogen (secondary N) is 1. The molecule has 0 aliphatic heterocycles. The second-order valence-corrected chi connectivity index (χ2v) is 7.39. The van der Waals surface area contributed by atoms with Gasteiger partial charge in [0.1, 0.15) is 11.1 Å². The Balaban J connectivity index is 2.32. The molecule has 1 aliphatic carbocycles. The minimum Gasteiger partial charge on any atom is -0.317 e. The molecular formula is C16H22N2OS. The summed E-state index contributed by atoms with van der Waals surface area (Å²) in [5.74, 6) is 0.556. The highest BCUT2D eigenvalue weighted by Crippen LogP contribution is 2.45. The van der Waals surface area contributed by atoms with E-state index < -0.39 is 0 Å². The molecule has 0 bridgehead atoms. The van der Waals surface area contributed by atoms with Gasteiger partial charge >= 0.3 is 0 Å². The summed E-state index contributed by atoms with van der Waals surface area (Å²) in [5.41, 5.74) is 2.19. The van der Waals surface area contributed by atoms with Crippen LogP contribution in [-0.4, -0.2) is 5.91 Å². The normalized spacial score (nSPS) is 18.2. The Hall–Kier alpha value is -1.34. The van der Waals surface area contributed by atoms with Crippen molar-refractivity contribution < 1.29 is 4.79 Å². The fourth-order valence-corrected chi connectivity index (χ4v) is 4.23. The maximum atomic E-state index is 11.3. The number of hydrogen-bond donors (Lipinski definition) is 1. The summed E-state index contributed by atoms with van der Waals surface area (Å²) in [6, 6.07) is 2.27. The van der Waals surface area contributed by atoms with Gasteiger partial charge in [-0.15, -0.1) is 11.3 Å². The van der Waals surface area contributed by atoms with E-state index in [1.807, 2.05) is 0 Å². The molecule has 1 N–H and O–H groups in total. The number of nitriles is 1. The Morgan fingerprint density at radius 1 is 1.55 bits per heavy atom. The number of rotatable bonds is 3. The first kappa shape index (κ1) is 15.1. The highest BCUT2D eigenvalue weighted by atomic mass is 32.1. The van der Waals surface area contributed by atoms with Crippen molar-refractivity contribution in [3.05, 3.63) is 16.0 Å². The predicted octanol–water partition coefficient (Wildman–Crippen LogP) is 4.12. The summed E-state index contributed by atoms with van der Waals surface area (Å²) in [6.45, 7) is 8.39. The van der Waals surface area contributed by atoms with Gasteiger partial charge in [0.25, 0.3) is 0 Å². The van der Waals surface area contributed by atoms with Crippen molar-refractivity contribution in [1.29, 1.82) is 5.26 Å². The SMILES string of the molecule is CCC(C)(C)[C@H]1CCc2c(sc(NC(C)=O)c2C#N)C1. The van der Waals surface area contributed by atoms with Gasteiger partial charge in [-0.3, -0.25) is 4.79 Å². The van der Waals surface area contributed by atoms with Crippen molar-refractivity contribution in [1.82, 2.24) is 0 Å². The molecule has 0 saturated carbocycles. The third-order valence-electron chi connectivity index (χ3n) is 4.68. The fourth-order valence-electron chi connectivity index (χ4n) is 2.91. The molecule has 1 amide bonds. The lowest BCUT2D eigenvalue weighted by Crippen LogP contribution is -2.28. The third kappa shape index (κ3) is 2.73. The number of thiophene rings is 1. The standard InChI is InChI=1S/C16H22N2OS/c1-5-16(3,4)11-6-7-12-13(9-17)15(18-10(2)19)20-14(12)8-11/h11H,5-8H2,1-4H3,(H,18,19)/t11-/m0/s1. The number of amides is 1. The average Bonchev–Trinajstić information content (AvgIpc) is 2.73. The van der Waals surface area contributed by atoms with Crippen molar-refractivity contribution in [2.24, 2.45) is 11.3 Å². The average molecular weight is 290 g/mol. The molecular weight excluding hydrogens is 268 g/mol. The maximum absolute atomic E-state index is 11.3. The molecule has 1 aromatic heterocycles. The molecule has 0 unspecified atom stereocenters. The van der Waals surface area contributed by atoms with Crippen molar-refractivity contribution in [2.75, 3.05) is 5.32 Å². The van der Waals surface area contributed by atoms with E-state index in [1.165, 1.54) is 23.8 Å². The van der Waals surface area contributed by atoms with Crippen LogP contribution in [0.15, 0.2) is 0 Å². The summed E-state index contributed by atoms with van der Waals surface area (Å²) >= 11 is 1.59. The summed E-state index contributed by atoms with van der Waals surface area (Å²) < 4.78 is 0. The number of fused-ring (bicyclic) bond motifs is 1. The van der Waals surface area contributed by atoms with E-state index >= 15 is 0 Å². The van der Waals surface area contributed by atoms with E-state index in [0.29, 0.717) is 16.9 Å². The molecule has 0 aromatic carbocycles. The second-order valence-electron chi connectivity index (χ2n) is 6.28. The van der Waals surface area contributed by atoms with Crippen LogP contribution in [-0.2, 0) is 17.6 Å². The molecule has 0 saturated heterocycles. The largest absolute Gasteiger partial charge is 0.317 e. The zero-order valence-electron chi connectivity index (χ0n) is 12.7. The van der Waals surface area contributed by atoms with Gasteiger partial charge in [-0.25, -0.2) is 0 Å². The molecule has 1 atom stereocenters. The summed E-state index contributed by atoms with van der Waals surface area (Å²) in [5, 5.41) is 12.9. The summed E-state index contributed by atoms with van der Waals surface area (Å²) in [6.07, 6.45) is 4.30. The first-order valence-corrected chi connectivity index (χ1v) is 8.03. The van der Waals surface area contributed by atoms with Crippen LogP contribution in [0.1, 0.15) is 56.5 Å². The number of hydrogen-bond acceptors (Lipinski definition) is 3. The molecule has 0 fully saturated rings. The quantitative estimate of drug-likeness (QED) is 0.910. The third-order valence-corrected chi connectivity index (χ3v) is 5.85. The number of carbonyl (C=O) groups is 1. The number of nitrogens with zero attached hydrogens (tertiary/aromatic N) is 1. The first-order valence-electron chi connectivity index (χ1n) is 7.21. The maximum Gasteiger partial charge on any atom is 0.221 e. The van der Waals surface area contributed by atoms with Gasteiger partial charge in [0.05, 0.1) is 5.56 Å². The van der Waals surface area contributed by atoms with E-state index in [1.54, 1.807) is 11.3 Å². The van der Waals surface area contributed by atoms with Crippen LogP contribution in [0, 0.1) is 22.7 Å². The Morgan fingerprint density at radius 3 is 2.80 bits per heavy atom. The Labute approximate surface area is 125 Å². The lowest BCUT2D eigenvalue weighted by atomic mass is 9.69. The number of carbonyl (C=O) groups excluding carboxylic acids is 1. The Bertz CT molecular complexity index is 566. The first-order chi connectivity index (χ1) is 9.39. The minimum atomic E-state index is -0.106. The lowest BCUT2D eigenvalue weighted by Gasteiger charge is -2.36. The smallest absolute Gasteiger partial charge is 0.221 e. The highest BCUT2D eigenvalue weighted by molar-refractivity contribution is 7.16. The Kier molecular flexibility index (Phi) is 4.19. The van der Waals surface area contributed by atoms with Crippen molar-refractivity contribution in [3.8, 4) is 6.07 Å². The monoisotopic (exact) mass is 290 g/mol. The van der Waals surface area contributed by atoms with Crippen LogP contribution in [0.2, 0.25) is 0 Å². The van der Waals surface area contributed by atoms with Gasteiger partial charge in [0, 0.05) is 11.8 Å². The molecule has 1 aliphatic rings. The molecule has 1 heterocycles. The van der Waals surface area contributed by atoms with Gasteiger partial charge in [-0.1, -0.05) is 27.2 Å². The van der Waals surface area contributed by atoms with Gasteiger partial charge < -0.3 is 5.32 Å². The highest BCUT2D eigenvalue weighted by Gasteiger charge is 2.33. The van der Waals surface area contributed by atoms with E-state index in [0.717, 1.165) is 24.3 Å². The molecule has 0 radical (unpaired) electrons. The van der Waals surface area contributed by atoms with E-state index in [9.17, 15) is 10.1 Å². The zero-order chi connectivity index (χ0) is 14.9. The summed E-state index contributed by atoms with van der Waals surface area (Å²) in [7, 11) is 0. The van der Waals surface area contributed by atoms with E-state index in [2.05, 4.69) is 32.2 Å². The number of anilines is 1. The van der Waals surface area contributed by atoms with Crippen LogP contribution in [0.3, 0.4) is 0 Å². The van der Waals surface area contributed by atoms with Crippen LogP contribution in [0.4, 0.5) is 5.00 Å².